The van der Waals surface area contributed by atoms with E-state index in [0.29, 0.717) is 0 Å². The van der Waals surface area contributed by atoms with E-state index < -0.39 is 5.54 Å². The lowest BCUT2D eigenvalue weighted by atomic mass is 9.98. The third-order valence-electron chi connectivity index (χ3n) is 3.59. The lowest BCUT2D eigenvalue weighted by Gasteiger charge is -2.23. The van der Waals surface area contributed by atoms with Gasteiger partial charge in [-0.05, 0) is 43.4 Å². The van der Waals surface area contributed by atoms with Gasteiger partial charge in [0.15, 0.2) is 0 Å². The SMILES string of the molecule is CC(C#N)(NC(=O)CNc1cccc(CO)c1)C1CC1. The largest absolute Gasteiger partial charge is 0.392 e. The molecule has 2 rings (SSSR count). The summed E-state index contributed by atoms with van der Waals surface area (Å²) in [6.45, 7) is 1.85. The van der Waals surface area contributed by atoms with Crippen molar-refractivity contribution in [1.29, 1.82) is 5.26 Å². The van der Waals surface area contributed by atoms with Crippen molar-refractivity contribution in [2.75, 3.05) is 11.9 Å². The lowest BCUT2D eigenvalue weighted by molar-refractivity contribution is -0.120. The zero-order valence-corrected chi connectivity index (χ0v) is 11.5. The number of carbonyl (C=O) groups is 1. The monoisotopic (exact) mass is 273 g/mol. The van der Waals surface area contributed by atoms with Gasteiger partial charge in [-0.1, -0.05) is 12.1 Å². The second-order valence-electron chi connectivity index (χ2n) is 5.35. The molecule has 5 nitrogen and oxygen atoms in total. The summed E-state index contributed by atoms with van der Waals surface area (Å²) in [6, 6.07) is 9.44. The molecular weight excluding hydrogens is 254 g/mol. The van der Waals surface area contributed by atoms with E-state index in [9.17, 15) is 10.1 Å². The highest BCUT2D eigenvalue weighted by Gasteiger charge is 2.42. The normalized spacial score (nSPS) is 16.9. The molecule has 0 saturated heterocycles. The van der Waals surface area contributed by atoms with Crippen LogP contribution >= 0.6 is 0 Å². The second-order valence-corrected chi connectivity index (χ2v) is 5.35. The van der Waals surface area contributed by atoms with Gasteiger partial charge in [0.2, 0.25) is 5.91 Å². The molecule has 0 radical (unpaired) electrons. The summed E-state index contributed by atoms with van der Waals surface area (Å²) in [6.07, 6.45) is 1.99. The number of nitrogens with zero attached hydrogens (tertiary/aromatic N) is 1. The Hall–Kier alpha value is -2.06. The van der Waals surface area contributed by atoms with Crippen molar-refractivity contribution < 1.29 is 9.90 Å². The summed E-state index contributed by atoms with van der Waals surface area (Å²) in [5.41, 5.74) is 0.804. The first-order chi connectivity index (χ1) is 9.57. The fraction of sp³-hybridized carbons (Fsp3) is 0.467. The number of rotatable bonds is 6. The van der Waals surface area contributed by atoms with Crippen molar-refractivity contribution in [2.24, 2.45) is 5.92 Å². The predicted molar refractivity (Wildman–Crippen MR) is 75.7 cm³/mol. The van der Waals surface area contributed by atoms with Gasteiger partial charge in [-0.15, -0.1) is 0 Å². The van der Waals surface area contributed by atoms with Gasteiger partial charge in [0, 0.05) is 5.69 Å². The standard InChI is InChI=1S/C15H19N3O2/c1-15(10-16,12-5-6-12)18-14(20)8-17-13-4-2-3-11(7-13)9-19/h2-4,7,12,17,19H,5-6,8-9H2,1H3,(H,18,20). The highest BCUT2D eigenvalue weighted by molar-refractivity contribution is 5.82. The molecule has 20 heavy (non-hydrogen) atoms. The summed E-state index contributed by atoms with van der Waals surface area (Å²) < 4.78 is 0. The van der Waals surface area contributed by atoms with Crippen molar-refractivity contribution in [1.82, 2.24) is 5.32 Å². The maximum Gasteiger partial charge on any atom is 0.240 e. The Kier molecular flexibility index (Phi) is 4.26. The molecule has 1 fully saturated rings. The zero-order valence-electron chi connectivity index (χ0n) is 11.5. The topological polar surface area (TPSA) is 85.2 Å². The number of aliphatic hydroxyl groups is 1. The van der Waals surface area contributed by atoms with Crippen molar-refractivity contribution >= 4 is 11.6 Å². The molecule has 106 valence electrons. The minimum absolute atomic E-state index is 0.0318. The van der Waals surface area contributed by atoms with E-state index in [1.54, 1.807) is 13.0 Å². The average Bonchev–Trinajstić information content (AvgIpc) is 3.30. The van der Waals surface area contributed by atoms with Crippen LogP contribution in [0, 0.1) is 17.2 Å². The van der Waals surface area contributed by atoms with Crippen LogP contribution in [0.3, 0.4) is 0 Å². The zero-order chi connectivity index (χ0) is 14.6. The van der Waals surface area contributed by atoms with Gasteiger partial charge >= 0.3 is 0 Å². The average molecular weight is 273 g/mol. The van der Waals surface area contributed by atoms with E-state index in [2.05, 4.69) is 16.7 Å². The molecule has 1 amide bonds. The van der Waals surface area contributed by atoms with Gasteiger partial charge in [-0.25, -0.2) is 0 Å². The second kappa shape index (κ2) is 5.93. The van der Waals surface area contributed by atoms with E-state index in [-0.39, 0.29) is 25.0 Å². The molecule has 1 aliphatic rings. The minimum Gasteiger partial charge on any atom is -0.392 e. The van der Waals surface area contributed by atoms with Crippen molar-refractivity contribution in [2.45, 2.75) is 31.9 Å². The van der Waals surface area contributed by atoms with Gasteiger partial charge in [0.1, 0.15) is 5.54 Å². The van der Waals surface area contributed by atoms with Gasteiger partial charge in [-0.3, -0.25) is 4.79 Å². The van der Waals surface area contributed by atoms with Gasteiger partial charge in [-0.2, -0.15) is 5.26 Å². The van der Waals surface area contributed by atoms with Crippen molar-refractivity contribution in [3.8, 4) is 6.07 Å². The van der Waals surface area contributed by atoms with Crippen molar-refractivity contribution in [3.63, 3.8) is 0 Å². The third kappa shape index (κ3) is 3.49. The first kappa shape index (κ1) is 14.4. The fourth-order valence-electron chi connectivity index (χ4n) is 2.18. The number of hydrogen-bond donors (Lipinski definition) is 3. The number of benzene rings is 1. The van der Waals surface area contributed by atoms with Gasteiger partial charge in [0.25, 0.3) is 0 Å². The van der Waals surface area contributed by atoms with Crippen LogP contribution in [0.1, 0.15) is 25.3 Å². The summed E-state index contributed by atoms with van der Waals surface area (Å²) in [5, 5.41) is 24.0. The van der Waals surface area contributed by atoms with Gasteiger partial charge < -0.3 is 15.7 Å². The Morgan fingerprint density at radius 3 is 2.90 bits per heavy atom. The molecule has 1 aromatic carbocycles. The number of carbonyl (C=O) groups excluding carboxylic acids is 1. The van der Waals surface area contributed by atoms with Crippen LogP contribution in [0.4, 0.5) is 5.69 Å². The molecular formula is C15H19N3O2. The molecule has 0 aromatic heterocycles. The van der Waals surface area contributed by atoms with E-state index in [1.165, 1.54) is 0 Å². The number of hydrogen-bond acceptors (Lipinski definition) is 4. The Morgan fingerprint density at radius 2 is 2.30 bits per heavy atom. The summed E-state index contributed by atoms with van der Waals surface area (Å²) in [7, 11) is 0. The van der Waals surface area contributed by atoms with Crippen LogP contribution in [0.15, 0.2) is 24.3 Å². The smallest absolute Gasteiger partial charge is 0.240 e. The number of aliphatic hydroxyl groups excluding tert-OH is 1. The van der Waals surface area contributed by atoms with E-state index >= 15 is 0 Å². The molecule has 3 N–H and O–H groups in total. The molecule has 1 saturated carbocycles. The maximum atomic E-state index is 11.9. The van der Waals surface area contributed by atoms with E-state index in [1.807, 2.05) is 18.2 Å². The molecule has 0 heterocycles. The number of amides is 1. The Balaban J connectivity index is 1.87. The van der Waals surface area contributed by atoms with E-state index in [4.69, 9.17) is 5.11 Å². The molecule has 1 aromatic rings. The van der Waals surface area contributed by atoms with E-state index in [0.717, 1.165) is 24.1 Å². The van der Waals surface area contributed by atoms with Crippen LogP contribution in [0.2, 0.25) is 0 Å². The van der Waals surface area contributed by atoms with Crippen LogP contribution in [-0.4, -0.2) is 23.1 Å². The summed E-state index contributed by atoms with van der Waals surface area (Å²) in [4.78, 5) is 11.9. The summed E-state index contributed by atoms with van der Waals surface area (Å²) in [5.74, 6) is 0.0736. The number of nitriles is 1. The number of nitrogens with one attached hydrogen (secondary N) is 2. The quantitative estimate of drug-likeness (QED) is 0.731. The molecule has 0 spiro atoms. The Morgan fingerprint density at radius 1 is 1.55 bits per heavy atom. The summed E-state index contributed by atoms with van der Waals surface area (Å²) >= 11 is 0. The van der Waals surface area contributed by atoms with Crippen LogP contribution in [0.5, 0.6) is 0 Å². The first-order valence-corrected chi connectivity index (χ1v) is 6.73. The highest BCUT2D eigenvalue weighted by atomic mass is 16.3. The molecule has 0 bridgehead atoms. The minimum atomic E-state index is -0.758. The van der Waals surface area contributed by atoms with Crippen LogP contribution in [0.25, 0.3) is 0 Å². The number of anilines is 1. The van der Waals surface area contributed by atoms with Crippen LogP contribution < -0.4 is 10.6 Å². The molecule has 0 aliphatic heterocycles. The Bertz CT molecular complexity index is 534. The molecule has 1 aliphatic carbocycles. The Labute approximate surface area is 118 Å². The fourth-order valence-corrected chi connectivity index (χ4v) is 2.18. The molecule has 5 heteroatoms. The maximum absolute atomic E-state index is 11.9. The van der Waals surface area contributed by atoms with Crippen LogP contribution in [-0.2, 0) is 11.4 Å². The third-order valence-corrected chi connectivity index (χ3v) is 3.59. The molecule has 1 unspecified atom stereocenters. The van der Waals surface area contributed by atoms with Gasteiger partial charge in [0.05, 0.1) is 19.2 Å². The molecule has 1 atom stereocenters. The first-order valence-electron chi connectivity index (χ1n) is 6.73. The highest BCUT2D eigenvalue weighted by Crippen LogP contribution is 2.39. The van der Waals surface area contributed by atoms with Crippen molar-refractivity contribution in [3.05, 3.63) is 29.8 Å². The lowest BCUT2D eigenvalue weighted by Crippen LogP contribution is -2.48. The predicted octanol–water partition coefficient (Wildman–Crippen LogP) is 1.40.